The van der Waals surface area contributed by atoms with Gasteiger partial charge in [0.15, 0.2) is 0 Å². The van der Waals surface area contributed by atoms with Crippen molar-refractivity contribution in [2.24, 2.45) is 5.92 Å². The zero-order chi connectivity index (χ0) is 16.8. The Kier molecular flexibility index (Phi) is 6.42. The average Bonchev–Trinajstić information content (AvgIpc) is 2.56. The molecule has 128 valence electrons. The lowest BCUT2D eigenvalue weighted by molar-refractivity contribution is 0.0791. The predicted octanol–water partition coefficient (Wildman–Crippen LogP) is 1.70. The molecule has 0 aliphatic carbocycles. The molecule has 2 rings (SSSR count). The van der Waals surface area contributed by atoms with E-state index in [-0.39, 0.29) is 5.91 Å². The molecule has 0 spiro atoms. The molecule has 1 aromatic rings. The Balaban J connectivity index is 1.94. The second kappa shape index (κ2) is 8.31. The lowest BCUT2D eigenvalue weighted by atomic mass is 10.0. The fourth-order valence-corrected chi connectivity index (χ4v) is 3.00. The van der Waals surface area contributed by atoms with Crippen LogP contribution in [0.4, 0.5) is 0 Å². The minimum Gasteiger partial charge on any atom is -0.497 e. The van der Waals surface area contributed by atoms with E-state index in [4.69, 9.17) is 4.74 Å². The summed E-state index contributed by atoms with van der Waals surface area (Å²) in [7, 11) is 3.77. The fourth-order valence-electron chi connectivity index (χ4n) is 3.00. The SMILES string of the molecule is COc1cccc(C(=O)NCC(C(C)C)N2CCN(C)CC2)c1. The molecule has 0 radical (unpaired) electrons. The molecule has 1 aliphatic heterocycles. The highest BCUT2D eigenvalue weighted by Crippen LogP contribution is 2.15. The number of carbonyl (C=O) groups excluding carboxylic acids is 1. The van der Waals surface area contributed by atoms with Gasteiger partial charge in [0.25, 0.3) is 5.91 Å². The van der Waals surface area contributed by atoms with Gasteiger partial charge in [0.05, 0.1) is 7.11 Å². The van der Waals surface area contributed by atoms with E-state index < -0.39 is 0 Å². The minimum atomic E-state index is -0.0383. The molecule has 1 atom stereocenters. The third-order valence-electron chi connectivity index (χ3n) is 4.58. The summed E-state index contributed by atoms with van der Waals surface area (Å²) < 4.78 is 5.18. The van der Waals surface area contributed by atoms with Gasteiger partial charge in [-0.05, 0) is 31.2 Å². The topological polar surface area (TPSA) is 44.8 Å². The summed E-state index contributed by atoms with van der Waals surface area (Å²) in [6.07, 6.45) is 0. The molecule has 0 aromatic heterocycles. The molecule has 0 bridgehead atoms. The Morgan fingerprint density at radius 2 is 1.96 bits per heavy atom. The number of nitrogens with zero attached hydrogens (tertiary/aromatic N) is 2. The number of amides is 1. The van der Waals surface area contributed by atoms with Crippen LogP contribution < -0.4 is 10.1 Å². The molecule has 1 aromatic carbocycles. The summed E-state index contributed by atoms with van der Waals surface area (Å²) in [5.41, 5.74) is 0.644. The van der Waals surface area contributed by atoms with Crippen molar-refractivity contribution in [3.8, 4) is 5.75 Å². The van der Waals surface area contributed by atoms with Crippen LogP contribution in [0, 0.1) is 5.92 Å². The van der Waals surface area contributed by atoms with Gasteiger partial charge < -0.3 is 15.0 Å². The molecule has 1 heterocycles. The van der Waals surface area contributed by atoms with E-state index in [2.05, 4.69) is 36.0 Å². The van der Waals surface area contributed by atoms with Crippen LogP contribution in [0.3, 0.4) is 0 Å². The van der Waals surface area contributed by atoms with E-state index >= 15 is 0 Å². The predicted molar refractivity (Wildman–Crippen MR) is 93.0 cm³/mol. The number of piperazine rings is 1. The van der Waals surface area contributed by atoms with Crippen molar-refractivity contribution in [3.05, 3.63) is 29.8 Å². The zero-order valence-corrected chi connectivity index (χ0v) is 14.7. The van der Waals surface area contributed by atoms with Crippen molar-refractivity contribution in [3.63, 3.8) is 0 Å². The molecule has 1 amide bonds. The van der Waals surface area contributed by atoms with Gasteiger partial charge in [-0.1, -0.05) is 19.9 Å². The quantitative estimate of drug-likeness (QED) is 0.867. The Bertz CT molecular complexity index is 511. The maximum Gasteiger partial charge on any atom is 0.251 e. The van der Waals surface area contributed by atoms with Crippen LogP contribution >= 0.6 is 0 Å². The van der Waals surface area contributed by atoms with Gasteiger partial charge in [-0.2, -0.15) is 0 Å². The van der Waals surface area contributed by atoms with Crippen LogP contribution in [0.2, 0.25) is 0 Å². The van der Waals surface area contributed by atoms with Crippen molar-refractivity contribution in [2.75, 3.05) is 46.9 Å². The number of methoxy groups -OCH3 is 1. The lowest BCUT2D eigenvalue weighted by Crippen LogP contribution is -2.54. The first-order valence-electron chi connectivity index (χ1n) is 8.36. The third-order valence-corrected chi connectivity index (χ3v) is 4.58. The first kappa shape index (κ1) is 17.8. The van der Waals surface area contributed by atoms with E-state index in [1.165, 1.54) is 0 Å². The number of ether oxygens (including phenoxy) is 1. The number of benzene rings is 1. The summed E-state index contributed by atoms with van der Waals surface area (Å²) in [6, 6.07) is 7.65. The first-order chi connectivity index (χ1) is 11.0. The van der Waals surface area contributed by atoms with Crippen molar-refractivity contribution >= 4 is 5.91 Å². The number of carbonyl (C=O) groups is 1. The Morgan fingerprint density at radius 3 is 2.57 bits per heavy atom. The van der Waals surface area contributed by atoms with Crippen LogP contribution in [0.25, 0.3) is 0 Å². The van der Waals surface area contributed by atoms with E-state index in [1.807, 2.05) is 18.2 Å². The van der Waals surface area contributed by atoms with Crippen molar-refractivity contribution in [1.82, 2.24) is 15.1 Å². The van der Waals surface area contributed by atoms with Gasteiger partial charge >= 0.3 is 0 Å². The monoisotopic (exact) mass is 319 g/mol. The first-order valence-corrected chi connectivity index (χ1v) is 8.36. The second-order valence-corrected chi connectivity index (χ2v) is 6.59. The van der Waals surface area contributed by atoms with E-state index in [0.29, 0.717) is 29.8 Å². The van der Waals surface area contributed by atoms with Crippen LogP contribution in [-0.4, -0.2) is 68.6 Å². The van der Waals surface area contributed by atoms with Gasteiger partial charge in [-0.15, -0.1) is 0 Å². The Labute approximate surface area is 139 Å². The number of nitrogens with one attached hydrogen (secondary N) is 1. The van der Waals surface area contributed by atoms with E-state index in [9.17, 15) is 4.79 Å². The smallest absolute Gasteiger partial charge is 0.251 e. The molecule has 5 nitrogen and oxygen atoms in total. The number of rotatable bonds is 6. The Hall–Kier alpha value is -1.59. The number of hydrogen-bond acceptors (Lipinski definition) is 4. The third kappa shape index (κ3) is 4.94. The van der Waals surface area contributed by atoms with E-state index in [1.54, 1.807) is 13.2 Å². The summed E-state index contributed by atoms with van der Waals surface area (Å²) >= 11 is 0. The molecule has 1 unspecified atom stereocenters. The largest absolute Gasteiger partial charge is 0.497 e. The van der Waals surface area contributed by atoms with Gasteiger partial charge in [0.1, 0.15) is 5.75 Å². The minimum absolute atomic E-state index is 0.0383. The lowest BCUT2D eigenvalue weighted by Gasteiger charge is -2.39. The van der Waals surface area contributed by atoms with Crippen LogP contribution in [0.5, 0.6) is 5.75 Å². The van der Waals surface area contributed by atoms with Crippen LogP contribution in [0.15, 0.2) is 24.3 Å². The summed E-state index contributed by atoms with van der Waals surface area (Å²) in [6.45, 7) is 9.43. The maximum absolute atomic E-state index is 12.4. The number of likely N-dealkylation sites (N-methyl/N-ethyl adjacent to an activating group) is 1. The molecule has 1 aliphatic rings. The summed E-state index contributed by atoms with van der Waals surface area (Å²) in [4.78, 5) is 17.2. The van der Waals surface area contributed by atoms with E-state index in [0.717, 1.165) is 26.2 Å². The van der Waals surface area contributed by atoms with Gasteiger partial charge in [-0.3, -0.25) is 9.69 Å². The van der Waals surface area contributed by atoms with Crippen molar-refractivity contribution in [1.29, 1.82) is 0 Å². The maximum atomic E-state index is 12.4. The molecule has 0 saturated carbocycles. The van der Waals surface area contributed by atoms with Gasteiger partial charge in [0.2, 0.25) is 0 Å². The highest BCUT2D eigenvalue weighted by atomic mass is 16.5. The molecular weight excluding hydrogens is 290 g/mol. The highest BCUT2D eigenvalue weighted by molar-refractivity contribution is 5.94. The molecular formula is C18H29N3O2. The number of hydrogen-bond donors (Lipinski definition) is 1. The molecule has 1 fully saturated rings. The average molecular weight is 319 g/mol. The molecule has 1 N–H and O–H groups in total. The van der Waals surface area contributed by atoms with Crippen LogP contribution in [-0.2, 0) is 0 Å². The highest BCUT2D eigenvalue weighted by Gasteiger charge is 2.25. The van der Waals surface area contributed by atoms with Crippen molar-refractivity contribution < 1.29 is 9.53 Å². The zero-order valence-electron chi connectivity index (χ0n) is 14.7. The van der Waals surface area contributed by atoms with Gasteiger partial charge in [0, 0.05) is 44.3 Å². The standard InChI is InChI=1S/C18H29N3O2/c1-14(2)17(21-10-8-20(3)9-11-21)13-19-18(22)15-6-5-7-16(12-15)23-4/h5-7,12,14,17H,8-11,13H2,1-4H3,(H,19,22). The molecule has 1 saturated heterocycles. The van der Waals surface area contributed by atoms with Crippen LogP contribution in [0.1, 0.15) is 24.2 Å². The molecule has 23 heavy (non-hydrogen) atoms. The van der Waals surface area contributed by atoms with Crippen molar-refractivity contribution in [2.45, 2.75) is 19.9 Å². The summed E-state index contributed by atoms with van der Waals surface area (Å²) in [5, 5.41) is 3.09. The summed E-state index contributed by atoms with van der Waals surface area (Å²) in [5.74, 6) is 1.17. The fraction of sp³-hybridized carbons (Fsp3) is 0.611. The molecule has 5 heteroatoms. The normalized spacial score (nSPS) is 18.0. The second-order valence-electron chi connectivity index (χ2n) is 6.59. The van der Waals surface area contributed by atoms with Gasteiger partial charge in [-0.25, -0.2) is 0 Å². The Morgan fingerprint density at radius 1 is 1.26 bits per heavy atom.